The molecule has 30 heavy (non-hydrogen) atoms. The van der Waals surface area contributed by atoms with Crippen molar-refractivity contribution in [3.63, 3.8) is 0 Å². The fraction of sp³-hybridized carbons (Fsp3) is 0.360. The van der Waals surface area contributed by atoms with Gasteiger partial charge in [-0.15, -0.1) is 0 Å². The summed E-state index contributed by atoms with van der Waals surface area (Å²) >= 11 is 9.62. The van der Waals surface area contributed by atoms with Crippen LogP contribution in [-0.4, -0.2) is 26.3 Å². The summed E-state index contributed by atoms with van der Waals surface area (Å²) in [4.78, 5) is 0. The van der Waals surface area contributed by atoms with Gasteiger partial charge in [0.25, 0.3) is 0 Å². The van der Waals surface area contributed by atoms with Gasteiger partial charge in [0.2, 0.25) is 0 Å². The van der Waals surface area contributed by atoms with Crippen LogP contribution in [0.1, 0.15) is 36.8 Å². The van der Waals surface area contributed by atoms with Gasteiger partial charge in [-0.2, -0.15) is 0 Å². The maximum Gasteiger partial charge on any atom is 0.126 e. The molecule has 2 aromatic rings. The van der Waals surface area contributed by atoms with Gasteiger partial charge in [0, 0.05) is 15.1 Å². The number of hydrogen-bond acceptors (Lipinski definition) is 3. The summed E-state index contributed by atoms with van der Waals surface area (Å²) in [6.07, 6.45) is 10.7. The van der Waals surface area contributed by atoms with E-state index in [1.54, 1.807) is 6.08 Å². The Labute approximate surface area is 193 Å². The Morgan fingerprint density at radius 2 is 1.97 bits per heavy atom. The number of nitrogens with one attached hydrogen (secondary N) is 1. The van der Waals surface area contributed by atoms with Crippen molar-refractivity contribution in [1.82, 2.24) is 5.32 Å². The number of ether oxygens (including phenoxy) is 2. The first kappa shape index (κ1) is 22.9. The molecule has 1 fully saturated rings. The lowest BCUT2D eigenvalue weighted by atomic mass is 10.0. The van der Waals surface area contributed by atoms with Gasteiger partial charge in [-0.25, -0.2) is 0 Å². The lowest BCUT2D eigenvalue weighted by Gasteiger charge is -2.12. The third kappa shape index (κ3) is 7.19. The van der Waals surface area contributed by atoms with Crippen LogP contribution < -0.4 is 14.8 Å². The van der Waals surface area contributed by atoms with Crippen molar-refractivity contribution in [1.29, 1.82) is 0 Å². The molecule has 0 amide bonds. The summed E-state index contributed by atoms with van der Waals surface area (Å²) in [5.74, 6) is 2.50. The average Bonchev–Trinajstić information content (AvgIpc) is 3.26. The lowest BCUT2D eigenvalue weighted by Crippen LogP contribution is -2.09. The van der Waals surface area contributed by atoms with Gasteiger partial charge in [-0.05, 0) is 80.6 Å². The molecule has 1 heterocycles. The molecular formula is C25H29BrClNO2. The van der Waals surface area contributed by atoms with Crippen molar-refractivity contribution in [2.75, 3.05) is 26.3 Å². The Morgan fingerprint density at radius 3 is 2.73 bits per heavy atom. The molecule has 5 heteroatoms. The molecule has 1 N–H and O–H groups in total. The van der Waals surface area contributed by atoms with Crippen molar-refractivity contribution in [2.24, 2.45) is 5.92 Å². The Morgan fingerprint density at radius 1 is 1.10 bits per heavy atom. The molecule has 0 bridgehead atoms. The predicted octanol–water partition coefficient (Wildman–Crippen LogP) is 7.00. The zero-order valence-corrected chi connectivity index (χ0v) is 19.6. The smallest absolute Gasteiger partial charge is 0.126 e. The maximum atomic E-state index is 6.12. The molecule has 0 aromatic heterocycles. The molecule has 1 unspecified atom stereocenters. The molecule has 0 radical (unpaired) electrons. The van der Waals surface area contributed by atoms with Gasteiger partial charge in [-0.1, -0.05) is 58.4 Å². The van der Waals surface area contributed by atoms with Crippen LogP contribution in [0.4, 0.5) is 0 Å². The lowest BCUT2D eigenvalue weighted by molar-refractivity contribution is 0.298. The number of halogens is 2. The molecule has 0 spiro atoms. The minimum Gasteiger partial charge on any atom is -0.493 e. The van der Waals surface area contributed by atoms with E-state index in [0.29, 0.717) is 11.6 Å². The van der Waals surface area contributed by atoms with E-state index in [4.69, 9.17) is 21.1 Å². The van der Waals surface area contributed by atoms with Gasteiger partial charge < -0.3 is 14.8 Å². The van der Waals surface area contributed by atoms with Crippen molar-refractivity contribution < 1.29 is 9.47 Å². The molecule has 160 valence electrons. The molecule has 1 aliphatic heterocycles. The Kier molecular flexibility index (Phi) is 9.31. The van der Waals surface area contributed by atoms with Gasteiger partial charge in [0.15, 0.2) is 0 Å². The molecule has 2 aromatic carbocycles. The molecule has 3 nitrogen and oxygen atoms in total. The first-order chi connectivity index (χ1) is 14.7. The second-order valence-corrected chi connectivity index (χ2v) is 8.79. The van der Waals surface area contributed by atoms with E-state index in [1.807, 2.05) is 48.6 Å². The van der Waals surface area contributed by atoms with Crippen LogP contribution in [0.3, 0.4) is 0 Å². The Hall–Kier alpha value is -1.75. The fourth-order valence-electron chi connectivity index (χ4n) is 3.53. The summed E-state index contributed by atoms with van der Waals surface area (Å²) in [5.41, 5.74) is 2.03. The summed E-state index contributed by atoms with van der Waals surface area (Å²) < 4.78 is 12.8. The van der Waals surface area contributed by atoms with Crippen molar-refractivity contribution in [3.05, 3.63) is 69.7 Å². The predicted molar refractivity (Wildman–Crippen MR) is 131 cm³/mol. The van der Waals surface area contributed by atoms with Crippen molar-refractivity contribution >= 4 is 39.7 Å². The zero-order valence-electron chi connectivity index (χ0n) is 17.2. The summed E-state index contributed by atoms with van der Waals surface area (Å²) in [5, 5.41) is 4.14. The third-order valence-corrected chi connectivity index (χ3v) is 6.10. The minimum absolute atomic E-state index is 0.474. The molecule has 0 aliphatic carbocycles. The first-order valence-corrected chi connectivity index (χ1v) is 11.7. The molecular weight excluding hydrogens is 462 g/mol. The molecule has 3 rings (SSSR count). The van der Waals surface area contributed by atoms with Gasteiger partial charge in [0.1, 0.15) is 18.1 Å². The number of benzene rings is 2. The Balaban J connectivity index is 1.64. The highest BCUT2D eigenvalue weighted by molar-refractivity contribution is 9.10. The highest BCUT2D eigenvalue weighted by atomic mass is 79.9. The third-order valence-electron chi connectivity index (χ3n) is 5.18. The summed E-state index contributed by atoms with van der Waals surface area (Å²) in [6, 6.07) is 11.7. The first-order valence-electron chi connectivity index (χ1n) is 10.5. The van der Waals surface area contributed by atoms with Gasteiger partial charge in [0.05, 0.1) is 6.61 Å². The van der Waals surface area contributed by atoms with Gasteiger partial charge >= 0.3 is 0 Å². The monoisotopic (exact) mass is 489 g/mol. The average molecular weight is 491 g/mol. The molecule has 1 atom stereocenters. The van der Waals surface area contributed by atoms with Crippen LogP contribution in [0.5, 0.6) is 11.5 Å². The Bertz CT molecular complexity index is 862. The molecule has 1 saturated heterocycles. The van der Waals surface area contributed by atoms with E-state index in [2.05, 4.69) is 27.8 Å². The standard InChI is InChI=1S/C25H29BrClNO2/c1-2-14-29-23-10-11-25(30-15-4-3-5-19-12-13-28-18-19)21(16-23)7-6-20-8-9-22(27)17-24(20)26/h2,6-11,16-17,19,28H,1,3-5,12-15,18H2/b7-6+. The van der Waals surface area contributed by atoms with Crippen molar-refractivity contribution in [3.8, 4) is 11.5 Å². The minimum atomic E-state index is 0.474. The summed E-state index contributed by atoms with van der Waals surface area (Å²) in [6.45, 7) is 7.24. The highest BCUT2D eigenvalue weighted by Crippen LogP contribution is 2.29. The van der Waals surface area contributed by atoms with Gasteiger partial charge in [-0.3, -0.25) is 0 Å². The van der Waals surface area contributed by atoms with E-state index in [1.165, 1.54) is 32.4 Å². The second-order valence-electron chi connectivity index (χ2n) is 7.50. The maximum absolute atomic E-state index is 6.12. The van der Waals surface area contributed by atoms with E-state index < -0.39 is 0 Å². The topological polar surface area (TPSA) is 30.5 Å². The molecule has 1 aliphatic rings. The molecule has 0 saturated carbocycles. The summed E-state index contributed by atoms with van der Waals surface area (Å²) in [7, 11) is 0. The number of unbranched alkanes of at least 4 members (excludes halogenated alkanes) is 1. The van der Waals surface area contributed by atoms with E-state index in [-0.39, 0.29) is 0 Å². The quantitative estimate of drug-likeness (QED) is 0.209. The van der Waals surface area contributed by atoms with Crippen LogP contribution >= 0.6 is 27.5 Å². The highest BCUT2D eigenvalue weighted by Gasteiger charge is 2.13. The van der Waals surface area contributed by atoms with Crippen LogP contribution in [-0.2, 0) is 0 Å². The van der Waals surface area contributed by atoms with E-state index in [0.717, 1.165) is 46.0 Å². The van der Waals surface area contributed by atoms with Crippen LogP contribution in [0.25, 0.3) is 12.2 Å². The van der Waals surface area contributed by atoms with Crippen LogP contribution in [0.2, 0.25) is 5.02 Å². The largest absolute Gasteiger partial charge is 0.493 e. The normalized spacial score (nSPS) is 16.1. The fourth-order valence-corrected chi connectivity index (χ4v) is 4.34. The SMILES string of the molecule is C=CCOc1ccc(OCCCCC2CCNC2)c(/C=C/c2ccc(Cl)cc2Br)c1. The number of hydrogen-bond donors (Lipinski definition) is 1. The zero-order chi connectivity index (χ0) is 21.2. The van der Waals surface area contributed by atoms with Crippen LogP contribution in [0.15, 0.2) is 53.5 Å². The van der Waals surface area contributed by atoms with E-state index in [9.17, 15) is 0 Å². The van der Waals surface area contributed by atoms with Crippen LogP contribution in [0, 0.1) is 5.92 Å². The number of rotatable bonds is 11. The van der Waals surface area contributed by atoms with E-state index >= 15 is 0 Å². The van der Waals surface area contributed by atoms with Crippen molar-refractivity contribution in [2.45, 2.75) is 25.7 Å². The second kappa shape index (κ2) is 12.2.